The fourth-order valence-electron chi connectivity index (χ4n) is 3.14. The predicted molar refractivity (Wildman–Crippen MR) is 135 cm³/mol. The van der Waals surface area contributed by atoms with Crippen molar-refractivity contribution in [3.63, 3.8) is 0 Å². The molecule has 0 aliphatic carbocycles. The molecule has 1 aromatic heterocycles. The average molecular weight is 473 g/mol. The van der Waals surface area contributed by atoms with Crippen molar-refractivity contribution in [3.05, 3.63) is 96.3 Å². The van der Waals surface area contributed by atoms with Gasteiger partial charge >= 0.3 is 0 Å². The Bertz CT molecular complexity index is 1240. The molecule has 0 unspecified atom stereocenters. The second-order valence-electron chi connectivity index (χ2n) is 7.15. The molecule has 0 fully saturated rings. The zero-order valence-corrected chi connectivity index (χ0v) is 19.4. The summed E-state index contributed by atoms with van der Waals surface area (Å²) in [5, 5.41) is 16.7. The Labute approximate surface area is 202 Å². The molecule has 4 rings (SSSR count). The molecule has 0 saturated carbocycles. The maximum absolute atomic E-state index is 12.4. The molecule has 2 N–H and O–H groups in total. The Morgan fingerprint density at radius 3 is 2.56 bits per heavy atom. The molecule has 9 heteroatoms. The minimum Gasteiger partial charge on any atom is -0.497 e. The van der Waals surface area contributed by atoms with Crippen LogP contribution in [-0.2, 0) is 11.3 Å². The molecule has 3 aromatic carbocycles. The highest BCUT2D eigenvalue weighted by Crippen LogP contribution is 2.22. The topological polar surface area (TPSA) is 93.4 Å². The summed E-state index contributed by atoms with van der Waals surface area (Å²) in [5.74, 6) is 1.38. The van der Waals surface area contributed by atoms with E-state index in [-0.39, 0.29) is 11.7 Å². The first-order valence-electron chi connectivity index (χ1n) is 10.6. The number of carbonyl (C=O) groups excluding carboxylic acids is 1. The molecule has 0 bridgehead atoms. The molecule has 0 radical (unpaired) electrons. The summed E-state index contributed by atoms with van der Waals surface area (Å²) in [7, 11) is 1.60. The van der Waals surface area contributed by atoms with E-state index >= 15 is 0 Å². The number of ether oxygens (including phenoxy) is 1. The second kappa shape index (κ2) is 11.7. The van der Waals surface area contributed by atoms with Crippen LogP contribution in [0.2, 0.25) is 0 Å². The molecule has 172 valence electrons. The van der Waals surface area contributed by atoms with Gasteiger partial charge < -0.3 is 10.1 Å². The molecule has 1 amide bonds. The minimum atomic E-state index is -0.240. The fraction of sp³-hybridized carbons (Fsp3) is 0.120. The molecular formula is C25H24N6O2S. The van der Waals surface area contributed by atoms with E-state index in [0.717, 1.165) is 28.5 Å². The maximum Gasteiger partial charge on any atom is 0.250 e. The number of amides is 1. The minimum absolute atomic E-state index is 0.145. The zero-order chi connectivity index (χ0) is 23.6. The molecule has 4 aromatic rings. The lowest BCUT2D eigenvalue weighted by Gasteiger charge is -2.11. The number of aromatic nitrogens is 3. The Kier molecular flexibility index (Phi) is 7.91. The lowest BCUT2D eigenvalue weighted by Crippen LogP contribution is -2.20. The van der Waals surface area contributed by atoms with Crippen molar-refractivity contribution in [3.8, 4) is 11.4 Å². The number of methoxy groups -OCH3 is 1. The van der Waals surface area contributed by atoms with Crippen LogP contribution in [-0.4, -0.2) is 39.7 Å². The van der Waals surface area contributed by atoms with E-state index in [1.807, 2.05) is 89.5 Å². The number of hydrogen-bond donors (Lipinski definition) is 2. The van der Waals surface area contributed by atoms with E-state index in [9.17, 15) is 4.79 Å². The van der Waals surface area contributed by atoms with Crippen molar-refractivity contribution in [1.82, 2.24) is 20.2 Å². The molecule has 0 spiro atoms. The van der Waals surface area contributed by atoms with Gasteiger partial charge in [-0.05, 0) is 42.0 Å². The van der Waals surface area contributed by atoms with Gasteiger partial charge in [-0.1, -0.05) is 60.3 Å². The highest BCUT2D eigenvalue weighted by Gasteiger charge is 2.15. The van der Waals surface area contributed by atoms with Crippen LogP contribution in [0.15, 0.2) is 95.2 Å². The molecule has 0 aliphatic heterocycles. The quantitative estimate of drug-likeness (QED) is 0.205. The van der Waals surface area contributed by atoms with E-state index in [2.05, 4.69) is 26.0 Å². The van der Waals surface area contributed by atoms with Crippen LogP contribution in [0.4, 0.5) is 5.69 Å². The number of nitrogens with one attached hydrogen (secondary N) is 2. The van der Waals surface area contributed by atoms with Crippen molar-refractivity contribution in [2.24, 2.45) is 5.10 Å². The van der Waals surface area contributed by atoms with Gasteiger partial charge in [-0.25, -0.2) is 5.43 Å². The number of thioether (sulfide) groups is 1. The van der Waals surface area contributed by atoms with Crippen LogP contribution in [0.3, 0.4) is 0 Å². The predicted octanol–water partition coefficient (Wildman–Crippen LogP) is 4.13. The first kappa shape index (κ1) is 23.1. The van der Waals surface area contributed by atoms with Crippen molar-refractivity contribution in [2.75, 3.05) is 18.2 Å². The number of anilines is 1. The van der Waals surface area contributed by atoms with E-state index in [4.69, 9.17) is 4.74 Å². The summed E-state index contributed by atoms with van der Waals surface area (Å²) in [6.07, 6.45) is 1.57. The number of hydrazone groups is 1. The van der Waals surface area contributed by atoms with Crippen LogP contribution in [0.5, 0.6) is 5.75 Å². The van der Waals surface area contributed by atoms with Crippen molar-refractivity contribution in [2.45, 2.75) is 11.7 Å². The average Bonchev–Trinajstić information content (AvgIpc) is 3.30. The Hall–Kier alpha value is -4.11. The van der Waals surface area contributed by atoms with E-state index in [1.54, 1.807) is 13.3 Å². The van der Waals surface area contributed by atoms with Gasteiger partial charge in [-0.2, -0.15) is 5.10 Å². The van der Waals surface area contributed by atoms with Gasteiger partial charge in [0.2, 0.25) is 0 Å². The number of para-hydroxylation sites is 2. The molecular weight excluding hydrogens is 448 g/mol. The third-order valence-electron chi connectivity index (χ3n) is 4.77. The standard InChI is InChI=1S/C25H24N6O2S/c1-33-22-14-8-9-19(15-22)16-27-29-24(32)18-34-25-30-28-23(17-26-20-10-4-2-5-11-20)31(25)21-12-6-3-7-13-21/h2-16,26H,17-18H2,1H3,(H,29,32)/b27-16-. The first-order valence-corrected chi connectivity index (χ1v) is 11.6. The Balaban J connectivity index is 1.41. The van der Waals surface area contributed by atoms with Crippen molar-refractivity contribution < 1.29 is 9.53 Å². The van der Waals surface area contributed by atoms with Gasteiger partial charge in [0.05, 0.1) is 25.6 Å². The van der Waals surface area contributed by atoms with Gasteiger partial charge in [0.1, 0.15) is 5.75 Å². The lowest BCUT2D eigenvalue weighted by atomic mass is 10.2. The van der Waals surface area contributed by atoms with Gasteiger partial charge in [0.15, 0.2) is 11.0 Å². The third kappa shape index (κ3) is 6.23. The molecule has 0 aliphatic rings. The fourth-order valence-corrected chi connectivity index (χ4v) is 3.91. The van der Waals surface area contributed by atoms with Crippen LogP contribution in [0, 0.1) is 0 Å². The highest BCUT2D eigenvalue weighted by molar-refractivity contribution is 7.99. The maximum atomic E-state index is 12.4. The SMILES string of the molecule is COc1cccc(/C=N\NC(=O)CSc2nnc(CNc3ccccc3)n2-c2ccccc2)c1. The summed E-state index contributed by atoms with van der Waals surface area (Å²) >= 11 is 1.30. The second-order valence-corrected chi connectivity index (χ2v) is 8.09. The van der Waals surface area contributed by atoms with Crippen LogP contribution in [0.1, 0.15) is 11.4 Å². The smallest absolute Gasteiger partial charge is 0.250 e. The van der Waals surface area contributed by atoms with Crippen LogP contribution >= 0.6 is 11.8 Å². The largest absolute Gasteiger partial charge is 0.497 e. The van der Waals surface area contributed by atoms with E-state index in [1.165, 1.54) is 11.8 Å². The van der Waals surface area contributed by atoms with E-state index < -0.39 is 0 Å². The van der Waals surface area contributed by atoms with Gasteiger partial charge in [0, 0.05) is 11.4 Å². The molecule has 0 saturated heterocycles. The van der Waals surface area contributed by atoms with Crippen LogP contribution < -0.4 is 15.5 Å². The number of carbonyl (C=O) groups is 1. The Morgan fingerprint density at radius 2 is 1.79 bits per heavy atom. The number of rotatable bonds is 10. The summed E-state index contributed by atoms with van der Waals surface area (Å²) in [5.41, 5.74) is 5.30. The zero-order valence-electron chi connectivity index (χ0n) is 18.6. The summed E-state index contributed by atoms with van der Waals surface area (Å²) < 4.78 is 7.14. The van der Waals surface area contributed by atoms with Gasteiger partial charge in [-0.15, -0.1) is 10.2 Å². The summed E-state index contributed by atoms with van der Waals surface area (Å²) in [6, 6.07) is 27.2. The number of hydrogen-bond acceptors (Lipinski definition) is 7. The molecule has 1 heterocycles. The first-order chi connectivity index (χ1) is 16.7. The normalized spacial score (nSPS) is 10.9. The van der Waals surface area contributed by atoms with Gasteiger partial charge in [0.25, 0.3) is 5.91 Å². The lowest BCUT2D eigenvalue weighted by molar-refractivity contribution is -0.118. The monoisotopic (exact) mass is 472 g/mol. The van der Waals surface area contributed by atoms with Crippen molar-refractivity contribution >= 4 is 29.6 Å². The van der Waals surface area contributed by atoms with E-state index in [0.29, 0.717) is 11.7 Å². The highest BCUT2D eigenvalue weighted by atomic mass is 32.2. The molecule has 34 heavy (non-hydrogen) atoms. The Morgan fingerprint density at radius 1 is 1.03 bits per heavy atom. The number of benzene rings is 3. The van der Waals surface area contributed by atoms with Crippen molar-refractivity contribution in [1.29, 1.82) is 0 Å². The third-order valence-corrected chi connectivity index (χ3v) is 5.70. The summed E-state index contributed by atoms with van der Waals surface area (Å²) in [6.45, 7) is 0.490. The number of nitrogens with zero attached hydrogens (tertiary/aromatic N) is 4. The molecule has 0 atom stereocenters. The molecule has 8 nitrogen and oxygen atoms in total. The van der Waals surface area contributed by atoms with Crippen LogP contribution in [0.25, 0.3) is 5.69 Å². The van der Waals surface area contributed by atoms with Gasteiger partial charge in [-0.3, -0.25) is 9.36 Å². The summed E-state index contributed by atoms with van der Waals surface area (Å²) in [4.78, 5) is 12.4.